The van der Waals surface area contributed by atoms with E-state index in [1.54, 1.807) is 0 Å². The minimum absolute atomic E-state index is 0.0321. The number of carbonyl (C=O) groups excluding carboxylic acids is 3. The first kappa shape index (κ1) is 19.9. The van der Waals surface area contributed by atoms with E-state index in [0.29, 0.717) is 23.3 Å². The van der Waals surface area contributed by atoms with Crippen LogP contribution in [0.5, 0.6) is 11.5 Å². The van der Waals surface area contributed by atoms with Crippen LogP contribution in [0.2, 0.25) is 0 Å². The third kappa shape index (κ3) is 5.53. The Bertz CT molecular complexity index is 823. The summed E-state index contributed by atoms with van der Waals surface area (Å²) < 4.78 is 23.8. The maximum Gasteiger partial charge on any atom is 0.264 e. The number of hydrogen-bond donors (Lipinski definition) is 1. The van der Waals surface area contributed by atoms with E-state index in [2.05, 4.69) is 0 Å². The maximum absolute atomic E-state index is 13.1. The molecule has 2 aromatic rings. The number of ether oxygens (including phenoxy) is 2. The number of primary amides is 1. The first-order valence-electron chi connectivity index (χ1n) is 8.05. The van der Waals surface area contributed by atoms with E-state index >= 15 is 0 Å². The molecular formula is C19H19FN2O5. The summed E-state index contributed by atoms with van der Waals surface area (Å²) in [5, 5.41) is 0. The molecule has 0 aromatic heterocycles. The third-order valence-corrected chi connectivity index (χ3v) is 3.70. The number of methoxy groups -OCH3 is 1. The van der Waals surface area contributed by atoms with Gasteiger partial charge in [0, 0.05) is 24.2 Å². The highest BCUT2D eigenvalue weighted by atomic mass is 19.1. The number of anilines is 1. The Hall–Kier alpha value is -3.42. The van der Waals surface area contributed by atoms with Gasteiger partial charge in [0.05, 0.1) is 7.11 Å². The first-order valence-corrected chi connectivity index (χ1v) is 8.05. The van der Waals surface area contributed by atoms with Crippen LogP contribution in [0.15, 0.2) is 42.5 Å². The zero-order chi connectivity index (χ0) is 19.8. The summed E-state index contributed by atoms with van der Waals surface area (Å²) in [4.78, 5) is 35.8. The lowest BCUT2D eigenvalue weighted by Crippen LogP contribution is -2.37. The van der Waals surface area contributed by atoms with Crippen LogP contribution in [0.25, 0.3) is 0 Å². The predicted molar refractivity (Wildman–Crippen MR) is 96.4 cm³/mol. The Morgan fingerprint density at radius 3 is 2.44 bits per heavy atom. The highest BCUT2D eigenvalue weighted by molar-refractivity contribution is 5.95. The summed E-state index contributed by atoms with van der Waals surface area (Å²) in [5.74, 6) is -0.882. The Morgan fingerprint density at radius 1 is 1.15 bits per heavy atom. The smallest absolute Gasteiger partial charge is 0.264 e. The number of carbonyl (C=O) groups is 3. The molecule has 0 spiro atoms. The molecule has 0 fully saturated rings. The highest BCUT2D eigenvalue weighted by Crippen LogP contribution is 2.27. The lowest BCUT2D eigenvalue weighted by atomic mass is 10.2. The molecule has 0 saturated carbocycles. The molecule has 0 aliphatic heterocycles. The highest BCUT2D eigenvalue weighted by Gasteiger charge is 2.18. The van der Waals surface area contributed by atoms with Crippen molar-refractivity contribution >= 4 is 23.8 Å². The van der Waals surface area contributed by atoms with Gasteiger partial charge in [-0.15, -0.1) is 0 Å². The monoisotopic (exact) mass is 374 g/mol. The Balaban J connectivity index is 2.14. The molecule has 0 aliphatic rings. The summed E-state index contributed by atoms with van der Waals surface area (Å²) in [5.41, 5.74) is 5.97. The molecule has 2 aromatic carbocycles. The summed E-state index contributed by atoms with van der Waals surface area (Å²) in [6.07, 6.45) is 0.609. The second-order valence-electron chi connectivity index (χ2n) is 5.55. The second kappa shape index (κ2) is 9.33. The molecular weight excluding hydrogens is 355 g/mol. The Morgan fingerprint density at radius 2 is 1.85 bits per heavy atom. The van der Waals surface area contributed by atoms with Crippen molar-refractivity contribution in [1.29, 1.82) is 0 Å². The minimum Gasteiger partial charge on any atom is -0.493 e. The fraction of sp³-hybridized carbons (Fsp3) is 0.211. The summed E-state index contributed by atoms with van der Waals surface area (Å²) in [6, 6.07) is 9.80. The van der Waals surface area contributed by atoms with Crippen LogP contribution in [-0.2, 0) is 9.59 Å². The number of nitrogens with two attached hydrogens (primary N) is 1. The van der Waals surface area contributed by atoms with Gasteiger partial charge in [0.2, 0.25) is 5.91 Å². The molecule has 2 N–H and O–H groups in total. The lowest BCUT2D eigenvalue weighted by molar-refractivity contribution is -0.120. The zero-order valence-corrected chi connectivity index (χ0v) is 14.7. The zero-order valence-electron chi connectivity index (χ0n) is 14.7. The van der Waals surface area contributed by atoms with Gasteiger partial charge in [0.25, 0.3) is 5.91 Å². The summed E-state index contributed by atoms with van der Waals surface area (Å²) in [7, 11) is 1.41. The maximum atomic E-state index is 13.1. The molecule has 0 saturated heterocycles. The molecule has 0 radical (unpaired) electrons. The van der Waals surface area contributed by atoms with Gasteiger partial charge >= 0.3 is 0 Å². The average Bonchev–Trinajstić information content (AvgIpc) is 2.67. The van der Waals surface area contributed by atoms with Crippen molar-refractivity contribution in [3.05, 3.63) is 53.8 Å². The van der Waals surface area contributed by atoms with Crippen molar-refractivity contribution in [2.75, 3.05) is 25.2 Å². The molecule has 0 heterocycles. The lowest BCUT2D eigenvalue weighted by Gasteiger charge is -2.22. The Labute approximate surface area is 155 Å². The van der Waals surface area contributed by atoms with Gasteiger partial charge in [-0.25, -0.2) is 4.39 Å². The molecule has 8 heteroatoms. The van der Waals surface area contributed by atoms with Crippen molar-refractivity contribution < 1.29 is 28.2 Å². The van der Waals surface area contributed by atoms with Crippen molar-refractivity contribution in [3.8, 4) is 11.5 Å². The molecule has 7 nitrogen and oxygen atoms in total. The number of nitrogens with zero attached hydrogens (tertiary/aromatic N) is 1. The van der Waals surface area contributed by atoms with E-state index in [0.717, 1.165) is 0 Å². The molecule has 27 heavy (non-hydrogen) atoms. The first-order chi connectivity index (χ1) is 12.9. The van der Waals surface area contributed by atoms with E-state index in [1.165, 1.54) is 54.5 Å². The van der Waals surface area contributed by atoms with E-state index in [1.807, 2.05) is 0 Å². The van der Waals surface area contributed by atoms with E-state index < -0.39 is 17.6 Å². The molecule has 2 rings (SSSR count). The van der Waals surface area contributed by atoms with E-state index in [9.17, 15) is 18.8 Å². The number of benzene rings is 2. The second-order valence-corrected chi connectivity index (χ2v) is 5.55. The van der Waals surface area contributed by atoms with Gasteiger partial charge < -0.3 is 20.1 Å². The number of halogens is 1. The van der Waals surface area contributed by atoms with Crippen LogP contribution in [0.3, 0.4) is 0 Å². The van der Waals surface area contributed by atoms with Crippen LogP contribution < -0.4 is 20.1 Å². The van der Waals surface area contributed by atoms with Crippen LogP contribution in [0.1, 0.15) is 16.8 Å². The fourth-order valence-corrected chi connectivity index (χ4v) is 2.33. The molecule has 0 aliphatic carbocycles. The van der Waals surface area contributed by atoms with Gasteiger partial charge in [-0.2, -0.15) is 0 Å². The molecule has 0 bridgehead atoms. The summed E-state index contributed by atoms with van der Waals surface area (Å²) >= 11 is 0. The van der Waals surface area contributed by atoms with Gasteiger partial charge in [-0.1, -0.05) is 0 Å². The summed E-state index contributed by atoms with van der Waals surface area (Å²) in [6.45, 7) is -0.322. The molecule has 0 atom stereocenters. The van der Waals surface area contributed by atoms with Crippen molar-refractivity contribution in [3.63, 3.8) is 0 Å². The van der Waals surface area contributed by atoms with Crippen LogP contribution >= 0.6 is 0 Å². The molecule has 142 valence electrons. The molecule has 2 amide bonds. The van der Waals surface area contributed by atoms with Crippen molar-refractivity contribution in [1.82, 2.24) is 0 Å². The van der Waals surface area contributed by atoms with Gasteiger partial charge in [-0.05, 0) is 42.5 Å². The normalized spacial score (nSPS) is 10.1. The Kier molecular flexibility index (Phi) is 6.87. The quantitative estimate of drug-likeness (QED) is 0.676. The van der Waals surface area contributed by atoms with Crippen molar-refractivity contribution in [2.45, 2.75) is 6.42 Å². The number of rotatable bonds is 9. The number of amides is 2. The van der Waals surface area contributed by atoms with Crippen LogP contribution in [0, 0.1) is 5.82 Å². The number of aldehydes is 1. The van der Waals surface area contributed by atoms with Crippen LogP contribution in [-0.4, -0.2) is 38.4 Å². The van der Waals surface area contributed by atoms with E-state index in [-0.39, 0.29) is 25.3 Å². The average molecular weight is 374 g/mol. The number of hydrogen-bond acceptors (Lipinski definition) is 5. The molecule has 0 unspecified atom stereocenters. The van der Waals surface area contributed by atoms with Gasteiger partial charge in [-0.3, -0.25) is 14.4 Å². The standard InChI is InChI=1S/C19H19FN2O5/c1-26-17-10-13(11-23)2-7-16(17)27-12-19(25)22(9-8-18(21)24)15-5-3-14(20)4-6-15/h2-7,10-11H,8-9,12H2,1H3,(H2,21,24). The van der Waals surface area contributed by atoms with Gasteiger partial charge in [0.1, 0.15) is 12.1 Å². The van der Waals surface area contributed by atoms with Gasteiger partial charge in [0.15, 0.2) is 18.1 Å². The van der Waals surface area contributed by atoms with Crippen molar-refractivity contribution in [2.24, 2.45) is 5.73 Å². The van der Waals surface area contributed by atoms with Crippen LogP contribution in [0.4, 0.5) is 10.1 Å². The largest absolute Gasteiger partial charge is 0.493 e. The fourth-order valence-electron chi connectivity index (χ4n) is 2.33. The SMILES string of the molecule is COc1cc(C=O)ccc1OCC(=O)N(CCC(N)=O)c1ccc(F)cc1. The van der Waals surface area contributed by atoms with E-state index in [4.69, 9.17) is 15.2 Å². The predicted octanol–water partition coefficient (Wildman–Crippen LogP) is 1.93. The topological polar surface area (TPSA) is 98.9 Å². The third-order valence-electron chi connectivity index (χ3n) is 3.70. The minimum atomic E-state index is -0.568.